The summed E-state index contributed by atoms with van der Waals surface area (Å²) in [5, 5.41) is 4.34. The predicted octanol–water partition coefficient (Wildman–Crippen LogP) is 11.3. The van der Waals surface area contributed by atoms with Gasteiger partial charge in [-0.15, -0.1) is 0 Å². The third kappa shape index (κ3) is 2.68. The Kier molecular flexibility index (Phi) is 5.10. The first-order valence-electron chi connectivity index (χ1n) is 25.6. The largest absolute Gasteiger partial charge is 0.465 e. The van der Waals surface area contributed by atoms with E-state index in [2.05, 4.69) is 92.7 Å². The first kappa shape index (κ1) is 31.9. The molecule has 0 bridgehead atoms. The van der Waals surface area contributed by atoms with Gasteiger partial charge in [-0.05, 0) is 227 Å². The summed E-state index contributed by atoms with van der Waals surface area (Å²) in [6.45, 7) is 0.517. The second-order valence-corrected chi connectivity index (χ2v) is 25.3. The van der Waals surface area contributed by atoms with Crippen LogP contribution < -0.4 is 0 Å². The molecule has 302 valence electrons. The maximum absolute atomic E-state index is 13.8. The summed E-state index contributed by atoms with van der Waals surface area (Å²) in [5.41, 5.74) is 20.3. The van der Waals surface area contributed by atoms with Gasteiger partial charge in [0.2, 0.25) is 0 Å². The number of fused-ring (bicyclic) bond motifs is 5. The number of carbonyl (C=O) groups is 1. The molecule has 0 amide bonds. The van der Waals surface area contributed by atoms with Gasteiger partial charge in [-0.25, -0.2) is 0 Å². The van der Waals surface area contributed by atoms with Crippen molar-refractivity contribution < 1.29 is 9.53 Å². The van der Waals surface area contributed by atoms with Crippen LogP contribution in [0.3, 0.4) is 0 Å². The molecule has 2 aromatic rings. The molecule has 1 aromatic heterocycles. The first-order chi connectivity index (χ1) is 29.7. The molecule has 10 fully saturated rings. The Morgan fingerprint density at radius 3 is 2.15 bits per heavy atom. The SMILES string of the molecule is O=C(CCCC1(c2ccccc2)C23C4CCC5C6=C7C8=C(CC6)C6CCC9C%10C=CC%11C%12=C%13C(=C4CC%12)C2C2C4C%13C%11C%10C%10C9C6C8C(C4%10)C2C7C513)OCCc1ccsc1. The van der Waals surface area contributed by atoms with Crippen molar-refractivity contribution in [3.05, 3.63) is 115 Å². The summed E-state index contributed by atoms with van der Waals surface area (Å²) >= 11 is 1.74. The second kappa shape index (κ2) is 9.61. The molecule has 2 nitrogen and oxygen atoms in total. The summed E-state index contributed by atoms with van der Waals surface area (Å²) in [6, 6.07) is 14.6. The monoisotopic (exact) mass is 804 g/mol. The minimum absolute atomic E-state index is 0.0462. The Morgan fingerprint density at radius 1 is 0.667 bits per heavy atom. The van der Waals surface area contributed by atoms with Crippen LogP contribution in [0.15, 0.2) is 104 Å². The summed E-state index contributed by atoms with van der Waals surface area (Å²) in [5.74, 6) is 18.2. The van der Waals surface area contributed by atoms with Crippen molar-refractivity contribution in [2.24, 2.45) is 129 Å². The predicted molar refractivity (Wildman–Crippen MR) is 230 cm³/mol. The Labute approximate surface area is 358 Å². The van der Waals surface area contributed by atoms with E-state index >= 15 is 0 Å². The van der Waals surface area contributed by atoms with Gasteiger partial charge in [0.15, 0.2) is 0 Å². The number of benzene rings is 1. The van der Waals surface area contributed by atoms with Crippen molar-refractivity contribution in [3.8, 4) is 0 Å². The summed E-state index contributed by atoms with van der Waals surface area (Å²) in [7, 11) is 0. The van der Waals surface area contributed by atoms with Crippen LogP contribution in [0.4, 0.5) is 0 Å². The quantitative estimate of drug-likeness (QED) is 0.196. The molecule has 10 saturated carbocycles. The standard InChI is InChI=1S/C57H56O2S/c58-36(59-21-18-24-19-22-60-23-24)7-4-20-55(25-5-2-1-3-6-25)56-34-16-17-35-33-15-13-31-29-11-9-27-26-8-10-28-30-12-14-32(34)43-41(30)46-39(28)37(26)45-38(27)40(29)47-42(31)44(33)54(57(35,55)56)52-50(47)48(45)49(46)51(52)53(43)56/h1-3,5-6,8,10,19,22-23,26-29,34-35,37-40,45-54H,4,7,9,11-18,20-21H2. The molecule has 3 heteroatoms. The van der Waals surface area contributed by atoms with Crippen LogP contribution in [0.1, 0.15) is 81.8 Å². The lowest BCUT2D eigenvalue weighted by Crippen LogP contribution is -2.56. The molecule has 17 aliphatic carbocycles. The summed E-state index contributed by atoms with van der Waals surface area (Å²) < 4.78 is 6.06. The van der Waals surface area contributed by atoms with Gasteiger partial charge in [-0.2, -0.15) is 11.3 Å². The van der Waals surface area contributed by atoms with Gasteiger partial charge in [0.05, 0.1) is 6.61 Å². The highest BCUT2D eigenvalue weighted by Gasteiger charge is 3.02. The van der Waals surface area contributed by atoms with Crippen molar-refractivity contribution in [1.82, 2.24) is 0 Å². The van der Waals surface area contributed by atoms with Crippen molar-refractivity contribution in [2.45, 2.75) is 82.5 Å². The van der Waals surface area contributed by atoms with E-state index in [1.165, 1.54) is 56.9 Å². The van der Waals surface area contributed by atoms with E-state index in [1.54, 1.807) is 23.3 Å². The minimum Gasteiger partial charge on any atom is -0.465 e. The number of esters is 1. The maximum Gasteiger partial charge on any atom is 0.305 e. The van der Waals surface area contributed by atoms with Crippen molar-refractivity contribution in [3.63, 3.8) is 0 Å². The number of rotatable bonds is 8. The Morgan fingerprint density at radius 2 is 1.38 bits per heavy atom. The molecule has 19 rings (SSSR count). The minimum atomic E-state index is 0.0462. The molecule has 23 atom stereocenters. The number of hydrogen-bond acceptors (Lipinski definition) is 3. The van der Waals surface area contributed by atoms with Gasteiger partial charge in [-0.1, -0.05) is 64.8 Å². The number of ether oxygens (including phenoxy) is 1. The highest BCUT2D eigenvalue weighted by molar-refractivity contribution is 7.07. The molecule has 2 spiro atoms. The molecule has 23 unspecified atom stereocenters. The molecular weight excluding hydrogens is 749 g/mol. The lowest BCUT2D eigenvalue weighted by atomic mass is 9.44. The fourth-order valence-corrected chi connectivity index (χ4v) is 26.7. The lowest BCUT2D eigenvalue weighted by Gasteiger charge is -2.60. The number of allylic oxidation sites excluding steroid dienone is 10. The first-order valence-corrected chi connectivity index (χ1v) is 26.5. The zero-order chi connectivity index (χ0) is 38.1. The maximum atomic E-state index is 13.8. The van der Waals surface area contributed by atoms with E-state index in [0.29, 0.717) is 23.9 Å². The van der Waals surface area contributed by atoms with Crippen LogP contribution in [-0.4, -0.2) is 12.6 Å². The van der Waals surface area contributed by atoms with Crippen molar-refractivity contribution in [2.75, 3.05) is 6.61 Å². The molecular formula is C57H56O2S. The molecule has 0 aliphatic heterocycles. The topological polar surface area (TPSA) is 26.3 Å². The van der Waals surface area contributed by atoms with E-state index in [1.807, 2.05) is 11.1 Å². The van der Waals surface area contributed by atoms with Crippen LogP contribution in [0.5, 0.6) is 0 Å². The van der Waals surface area contributed by atoms with E-state index in [4.69, 9.17) is 4.74 Å². The highest BCUT2D eigenvalue weighted by atomic mass is 32.1. The second-order valence-electron chi connectivity index (χ2n) is 24.5. The summed E-state index contributed by atoms with van der Waals surface area (Å²) in [6.07, 6.45) is 21.0. The number of thiophene rings is 1. The van der Waals surface area contributed by atoms with Crippen LogP contribution in [0, 0.1) is 129 Å². The Hall–Kier alpha value is -2.91. The van der Waals surface area contributed by atoms with E-state index in [0.717, 1.165) is 131 Å². The van der Waals surface area contributed by atoms with Gasteiger partial charge < -0.3 is 4.74 Å². The van der Waals surface area contributed by atoms with Gasteiger partial charge in [0.25, 0.3) is 0 Å². The van der Waals surface area contributed by atoms with Crippen LogP contribution >= 0.6 is 11.3 Å². The highest BCUT2D eigenvalue weighted by Crippen LogP contribution is 3.05. The number of carbonyl (C=O) groups excluding carboxylic acids is 1. The fourth-order valence-electron chi connectivity index (χ4n) is 26.0. The van der Waals surface area contributed by atoms with Gasteiger partial charge in [0, 0.05) is 35.0 Å². The lowest BCUT2D eigenvalue weighted by molar-refractivity contribution is -0.143. The average Bonchev–Trinajstić information content (AvgIpc) is 4.06. The third-order valence-electron chi connectivity index (χ3n) is 25.1. The molecule has 0 radical (unpaired) electrons. The molecule has 0 N–H and O–H groups in total. The van der Waals surface area contributed by atoms with Gasteiger partial charge in [0.1, 0.15) is 0 Å². The van der Waals surface area contributed by atoms with Crippen LogP contribution in [0.25, 0.3) is 0 Å². The zero-order valence-corrected chi connectivity index (χ0v) is 35.6. The van der Waals surface area contributed by atoms with Crippen LogP contribution in [0.2, 0.25) is 0 Å². The van der Waals surface area contributed by atoms with E-state index in [-0.39, 0.29) is 11.4 Å². The molecule has 1 heterocycles. The molecule has 17 aliphatic rings. The summed E-state index contributed by atoms with van der Waals surface area (Å²) in [4.78, 5) is 13.8. The Balaban J connectivity index is 0.871. The third-order valence-corrected chi connectivity index (χ3v) is 25.8. The van der Waals surface area contributed by atoms with Gasteiger partial charge in [-0.3, -0.25) is 4.79 Å². The molecule has 0 saturated heterocycles. The van der Waals surface area contributed by atoms with Crippen molar-refractivity contribution >= 4 is 17.3 Å². The molecule has 1 aromatic carbocycles. The van der Waals surface area contributed by atoms with E-state index in [9.17, 15) is 4.79 Å². The zero-order valence-electron chi connectivity index (χ0n) is 34.7. The molecule has 60 heavy (non-hydrogen) atoms. The Bertz CT molecular complexity index is 2660. The smallest absolute Gasteiger partial charge is 0.305 e. The van der Waals surface area contributed by atoms with E-state index < -0.39 is 0 Å². The van der Waals surface area contributed by atoms with Gasteiger partial charge >= 0.3 is 5.97 Å². The van der Waals surface area contributed by atoms with Crippen LogP contribution in [-0.2, 0) is 21.4 Å². The number of hydrogen-bond donors (Lipinski definition) is 0. The normalized spacial score (nSPS) is 57.4. The fraction of sp³-hybridized carbons (Fsp3) is 0.632. The average molecular weight is 805 g/mol. The van der Waals surface area contributed by atoms with Crippen molar-refractivity contribution in [1.29, 1.82) is 0 Å².